The minimum Gasteiger partial charge on any atom is -0.382 e. The SMILES string of the molecule is CCSc1nc2ccc(N/N=C(\C#N)C(=N)N)cc2s1. The number of thiazole rings is 1. The molecule has 6 nitrogen and oxygen atoms in total. The van der Waals surface area contributed by atoms with E-state index in [0.29, 0.717) is 0 Å². The fourth-order valence-electron chi connectivity index (χ4n) is 1.42. The van der Waals surface area contributed by atoms with Gasteiger partial charge in [-0.25, -0.2) is 4.98 Å². The molecule has 0 aliphatic carbocycles. The van der Waals surface area contributed by atoms with E-state index in [0.717, 1.165) is 26.0 Å². The Morgan fingerprint density at radius 3 is 3.10 bits per heavy atom. The van der Waals surface area contributed by atoms with Gasteiger partial charge in [-0.2, -0.15) is 10.4 Å². The van der Waals surface area contributed by atoms with E-state index in [9.17, 15) is 0 Å². The zero-order valence-corrected chi connectivity index (χ0v) is 12.3. The van der Waals surface area contributed by atoms with Gasteiger partial charge in [0.2, 0.25) is 5.71 Å². The van der Waals surface area contributed by atoms with Crippen molar-refractivity contribution in [2.24, 2.45) is 10.8 Å². The number of fused-ring (bicyclic) bond motifs is 1. The normalized spacial score (nSPS) is 11.3. The first kappa shape index (κ1) is 14.3. The quantitative estimate of drug-likeness (QED) is 0.340. The van der Waals surface area contributed by atoms with Gasteiger partial charge in [-0.05, 0) is 24.0 Å². The van der Waals surface area contributed by atoms with E-state index in [4.69, 9.17) is 16.4 Å². The number of rotatable bonds is 5. The van der Waals surface area contributed by atoms with Crippen molar-refractivity contribution in [1.82, 2.24) is 4.98 Å². The summed E-state index contributed by atoms with van der Waals surface area (Å²) in [7, 11) is 0. The van der Waals surface area contributed by atoms with Crippen molar-refractivity contribution in [3.05, 3.63) is 18.2 Å². The molecule has 0 bridgehead atoms. The highest BCUT2D eigenvalue weighted by atomic mass is 32.2. The summed E-state index contributed by atoms with van der Waals surface area (Å²) in [6.07, 6.45) is 0. The van der Waals surface area contributed by atoms with Crippen LogP contribution in [0.2, 0.25) is 0 Å². The molecule has 0 saturated heterocycles. The van der Waals surface area contributed by atoms with Gasteiger partial charge in [0.1, 0.15) is 6.07 Å². The topological polar surface area (TPSA) is 111 Å². The number of nitrogens with one attached hydrogen (secondary N) is 2. The second kappa shape index (κ2) is 6.36. The molecule has 1 aromatic heterocycles. The van der Waals surface area contributed by atoms with Crippen LogP contribution in [0.4, 0.5) is 5.69 Å². The van der Waals surface area contributed by atoms with Gasteiger partial charge in [0.25, 0.3) is 0 Å². The maximum Gasteiger partial charge on any atom is 0.201 e. The largest absolute Gasteiger partial charge is 0.382 e. The maximum atomic E-state index is 8.76. The highest BCUT2D eigenvalue weighted by Gasteiger charge is 2.05. The number of benzene rings is 1. The highest BCUT2D eigenvalue weighted by molar-refractivity contribution is 8.01. The second-order valence-electron chi connectivity index (χ2n) is 3.69. The number of nitrogens with zero attached hydrogens (tertiary/aromatic N) is 3. The number of nitrogens with two attached hydrogens (primary N) is 1. The molecule has 8 heteroatoms. The zero-order valence-electron chi connectivity index (χ0n) is 10.7. The van der Waals surface area contributed by atoms with Crippen molar-refractivity contribution in [3.63, 3.8) is 0 Å². The van der Waals surface area contributed by atoms with Crippen molar-refractivity contribution in [3.8, 4) is 6.07 Å². The van der Waals surface area contributed by atoms with Gasteiger partial charge in [-0.15, -0.1) is 11.3 Å². The smallest absolute Gasteiger partial charge is 0.201 e. The minimum absolute atomic E-state index is 0.142. The summed E-state index contributed by atoms with van der Waals surface area (Å²) in [5.74, 6) is 0.625. The molecule has 20 heavy (non-hydrogen) atoms. The molecule has 2 rings (SSSR count). The van der Waals surface area contributed by atoms with Crippen LogP contribution in [-0.2, 0) is 0 Å². The first-order valence-corrected chi connectivity index (χ1v) is 7.55. The van der Waals surface area contributed by atoms with Crippen LogP contribution in [0.1, 0.15) is 6.92 Å². The molecule has 0 unspecified atom stereocenters. The Hall–Kier alpha value is -2.11. The average molecular weight is 304 g/mol. The molecule has 0 saturated carbocycles. The van der Waals surface area contributed by atoms with E-state index >= 15 is 0 Å². The van der Waals surface area contributed by atoms with Gasteiger partial charge in [0, 0.05) is 0 Å². The Balaban J connectivity index is 2.24. The van der Waals surface area contributed by atoms with Gasteiger partial charge >= 0.3 is 0 Å². The summed E-state index contributed by atoms with van der Waals surface area (Å²) in [6, 6.07) is 7.38. The zero-order chi connectivity index (χ0) is 14.5. The number of hydrogen-bond acceptors (Lipinski definition) is 7. The number of aromatic nitrogens is 1. The third-order valence-electron chi connectivity index (χ3n) is 2.29. The number of nitriles is 1. The third-order valence-corrected chi connectivity index (χ3v) is 4.34. The van der Waals surface area contributed by atoms with Crippen molar-refractivity contribution in [2.45, 2.75) is 11.3 Å². The number of thioether (sulfide) groups is 1. The lowest BCUT2D eigenvalue weighted by molar-refractivity contribution is 1.29. The molecular weight excluding hydrogens is 292 g/mol. The number of hydrazone groups is 1. The van der Waals surface area contributed by atoms with Crippen LogP contribution < -0.4 is 11.2 Å². The molecule has 4 N–H and O–H groups in total. The molecular formula is C12H12N6S2. The monoisotopic (exact) mass is 304 g/mol. The summed E-state index contributed by atoms with van der Waals surface area (Å²) >= 11 is 3.32. The summed E-state index contributed by atoms with van der Waals surface area (Å²) in [5.41, 5.74) is 9.47. The molecule has 0 spiro atoms. The standard InChI is InChI=1S/C12H12N6S2/c1-2-19-12-16-8-4-3-7(5-10(8)20-12)17-18-9(6-13)11(14)15/h3-5,17H,2H2,1H3,(H3,14,15)/b18-9+. The van der Waals surface area contributed by atoms with Crippen molar-refractivity contribution < 1.29 is 0 Å². The first-order chi connectivity index (χ1) is 9.63. The van der Waals surface area contributed by atoms with Gasteiger partial charge in [0.05, 0.1) is 15.9 Å². The Kier molecular flexibility index (Phi) is 4.55. The Morgan fingerprint density at radius 2 is 2.45 bits per heavy atom. The van der Waals surface area contributed by atoms with Crippen LogP contribution in [0.5, 0.6) is 0 Å². The van der Waals surface area contributed by atoms with Crippen LogP contribution in [0.15, 0.2) is 27.6 Å². The Labute approximate surface area is 124 Å². The highest BCUT2D eigenvalue weighted by Crippen LogP contribution is 2.30. The molecule has 0 amide bonds. The summed E-state index contributed by atoms with van der Waals surface area (Å²) in [4.78, 5) is 4.49. The molecule has 0 radical (unpaired) electrons. The predicted molar refractivity (Wildman–Crippen MR) is 84.6 cm³/mol. The first-order valence-electron chi connectivity index (χ1n) is 5.75. The summed E-state index contributed by atoms with van der Waals surface area (Å²) in [6.45, 7) is 2.09. The number of amidine groups is 1. The lowest BCUT2D eigenvalue weighted by Gasteiger charge is -2.00. The molecule has 0 aliphatic heterocycles. The molecule has 0 atom stereocenters. The van der Waals surface area contributed by atoms with E-state index in [1.807, 2.05) is 18.2 Å². The fraction of sp³-hybridized carbons (Fsp3) is 0.167. The van der Waals surface area contributed by atoms with E-state index in [2.05, 4.69) is 22.4 Å². The Bertz CT molecular complexity index is 712. The average Bonchev–Trinajstić information content (AvgIpc) is 2.81. The van der Waals surface area contributed by atoms with Crippen molar-refractivity contribution >= 4 is 50.5 Å². The predicted octanol–water partition coefficient (Wildman–Crippen LogP) is 2.64. The number of hydrogen-bond donors (Lipinski definition) is 3. The van der Waals surface area contributed by atoms with E-state index < -0.39 is 0 Å². The maximum absolute atomic E-state index is 8.76. The molecule has 0 fully saturated rings. The summed E-state index contributed by atoms with van der Waals surface area (Å²) in [5, 5.41) is 19.7. The lowest BCUT2D eigenvalue weighted by Crippen LogP contribution is -2.21. The van der Waals surface area contributed by atoms with Gasteiger partial charge in [0.15, 0.2) is 10.2 Å². The van der Waals surface area contributed by atoms with Crippen molar-refractivity contribution in [1.29, 1.82) is 10.7 Å². The minimum atomic E-state index is -0.361. The fourth-order valence-corrected chi connectivity index (χ4v) is 3.43. The second-order valence-corrected chi connectivity index (χ2v) is 6.23. The van der Waals surface area contributed by atoms with Crippen LogP contribution in [-0.4, -0.2) is 22.3 Å². The van der Waals surface area contributed by atoms with Gasteiger partial charge in [-0.3, -0.25) is 10.8 Å². The van der Waals surface area contributed by atoms with Crippen LogP contribution in [0.3, 0.4) is 0 Å². The third kappa shape index (κ3) is 3.26. The lowest BCUT2D eigenvalue weighted by atomic mass is 10.3. The molecule has 1 aromatic carbocycles. The van der Waals surface area contributed by atoms with Crippen LogP contribution in [0.25, 0.3) is 10.2 Å². The van der Waals surface area contributed by atoms with Gasteiger partial charge in [-0.1, -0.05) is 18.7 Å². The molecule has 1 heterocycles. The van der Waals surface area contributed by atoms with E-state index in [1.54, 1.807) is 29.2 Å². The summed E-state index contributed by atoms with van der Waals surface area (Å²) < 4.78 is 2.08. The Morgan fingerprint density at radius 1 is 1.65 bits per heavy atom. The van der Waals surface area contributed by atoms with Crippen LogP contribution >= 0.6 is 23.1 Å². The van der Waals surface area contributed by atoms with E-state index in [1.165, 1.54) is 0 Å². The molecule has 2 aromatic rings. The van der Waals surface area contributed by atoms with Gasteiger partial charge < -0.3 is 5.73 Å². The molecule has 0 aliphatic rings. The van der Waals surface area contributed by atoms with E-state index in [-0.39, 0.29) is 11.5 Å². The van der Waals surface area contributed by atoms with Crippen LogP contribution in [0, 0.1) is 16.7 Å². The molecule has 102 valence electrons. The van der Waals surface area contributed by atoms with Crippen molar-refractivity contribution in [2.75, 3.05) is 11.2 Å². The number of anilines is 1.